The van der Waals surface area contributed by atoms with Gasteiger partial charge in [0.1, 0.15) is 0 Å². The van der Waals surface area contributed by atoms with Crippen LogP contribution in [0.3, 0.4) is 0 Å². The minimum Gasteiger partial charge on any atom is -0.383 e. The Hall–Kier alpha value is -1.33. The second kappa shape index (κ2) is 5.53. The van der Waals surface area contributed by atoms with Crippen molar-refractivity contribution in [2.24, 2.45) is 5.73 Å². The zero-order valence-electron chi connectivity index (χ0n) is 9.03. The fourth-order valence-electron chi connectivity index (χ4n) is 1.36. The molecule has 84 valence electrons. The van der Waals surface area contributed by atoms with Crippen LogP contribution in [0.4, 0.5) is 0 Å². The Balaban J connectivity index is 2.84. The van der Waals surface area contributed by atoms with Gasteiger partial charge in [0.15, 0.2) is 0 Å². The number of amides is 1. The lowest BCUT2D eigenvalue weighted by Gasteiger charge is -2.06. The summed E-state index contributed by atoms with van der Waals surface area (Å²) in [5.74, 6) is -0.427. The zero-order chi connectivity index (χ0) is 11.3. The smallest absolute Gasteiger partial charge is 0.250 e. The van der Waals surface area contributed by atoms with Gasteiger partial charge in [0.25, 0.3) is 0 Å². The third kappa shape index (κ3) is 3.07. The number of hydrogen-bond acceptors (Lipinski definition) is 3. The maximum absolute atomic E-state index is 11.0. The minimum absolute atomic E-state index is 0.427. The van der Waals surface area contributed by atoms with Gasteiger partial charge in [-0.2, -0.15) is 0 Å². The molecule has 1 aromatic rings. The van der Waals surface area contributed by atoms with E-state index in [0.29, 0.717) is 25.3 Å². The van der Waals surface area contributed by atoms with Crippen LogP contribution < -0.4 is 5.73 Å². The van der Waals surface area contributed by atoms with Gasteiger partial charge in [0.2, 0.25) is 5.91 Å². The van der Waals surface area contributed by atoms with E-state index in [9.17, 15) is 4.79 Å². The summed E-state index contributed by atoms with van der Waals surface area (Å²) in [6, 6.07) is 1.74. The van der Waals surface area contributed by atoms with Crippen molar-refractivity contribution in [2.75, 3.05) is 20.8 Å². The Morgan fingerprint density at radius 2 is 2.20 bits per heavy atom. The van der Waals surface area contributed by atoms with Crippen LogP contribution in [0.5, 0.6) is 0 Å². The molecule has 0 spiro atoms. The van der Waals surface area contributed by atoms with Gasteiger partial charge in [0.05, 0.1) is 18.8 Å². The average molecular weight is 212 g/mol. The van der Waals surface area contributed by atoms with E-state index in [-0.39, 0.29) is 0 Å². The highest BCUT2D eigenvalue weighted by molar-refractivity contribution is 5.92. The largest absolute Gasteiger partial charge is 0.383 e. The molecule has 1 heterocycles. The highest BCUT2D eigenvalue weighted by Crippen LogP contribution is 2.09. The van der Waals surface area contributed by atoms with Crippen LogP contribution in [-0.4, -0.2) is 31.3 Å². The number of aromatic nitrogens is 1. The predicted octanol–water partition coefficient (Wildman–Crippen LogP) is 0.380. The van der Waals surface area contributed by atoms with Gasteiger partial charge in [-0.15, -0.1) is 0 Å². The molecule has 5 nitrogen and oxygen atoms in total. The van der Waals surface area contributed by atoms with E-state index in [1.165, 1.54) is 0 Å². The number of hydrogen-bond donors (Lipinski definition) is 1. The summed E-state index contributed by atoms with van der Waals surface area (Å²) >= 11 is 0. The fraction of sp³-hybridized carbons (Fsp3) is 0.500. The first-order valence-electron chi connectivity index (χ1n) is 4.65. The Labute approximate surface area is 88.8 Å². The third-order valence-electron chi connectivity index (χ3n) is 2.10. The quantitative estimate of drug-likeness (QED) is 0.741. The molecule has 15 heavy (non-hydrogen) atoms. The zero-order valence-corrected chi connectivity index (χ0v) is 9.03. The molecule has 2 N–H and O–H groups in total. The van der Waals surface area contributed by atoms with Gasteiger partial charge < -0.3 is 19.8 Å². The fourth-order valence-corrected chi connectivity index (χ4v) is 1.36. The van der Waals surface area contributed by atoms with Gasteiger partial charge in [0, 0.05) is 32.7 Å². The minimum atomic E-state index is -0.427. The van der Waals surface area contributed by atoms with E-state index in [2.05, 4.69) is 0 Å². The lowest BCUT2D eigenvalue weighted by molar-refractivity contribution is 0.1000. The summed E-state index contributed by atoms with van der Waals surface area (Å²) in [4.78, 5) is 11.0. The predicted molar refractivity (Wildman–Crippen MR) is 55.5 cm³/mol. The van der Waals surface area contributed by atoms with Crippen molar-refractivity contribution in [3.8, 4) is 0 Å². The van der Waals surface area contributed by atoms with E-state index in [1.807, 2.05) is 4.57 Å². The molecule has 1 rings (SSSR count). The van der Waals surface area contributed by atoms with Crippen LogP contribution in [0.1, 0.15) is 16.1 Å². The van der Waals surface area contributed by atoms with Crippen molar-refractivity contribution < 1.29 is 14.3 Å². The Bertz CT molecular complexity index is 333. The standard InChI is InChI=1S/C10H16N2O3/c1-14-4-3-12-6-8(10(11)13)5-9(12)7-15-2/h5-6H,3-4,7H2,1-2H3,(H2,11,13). The molecule has 0 aliphatic carbocycles. The highest BCUT2D eigenvalue weighted by atomic mass is 16.5. The maximum atomic E-state index is 11.0. The second-order valence-corrected chi connectivity index (χ2v) is 3.20. The number of ether oxygens (including phenoxy) is 2. The molecule has 0 fully saturated rings. The average Bonchev–Trinajstić information content (AvgIpc) is 2.59. The van der Waals surface area contributed by atoms with E-state index in [0.717, 1.165) is 5.69 Å². The third-order valence-corrected chi connectivity index (χ3v) is 2.10. The second-order valence-electron chi connectivity index (χ2n) is 3.20. The first-order chi connectivity index (χ1) is 7.19. The van der Waals surface area contributed by atoms with Gasteiger partial charge in [-0.05, 0) is 6.07 Å². The lowest BCUT2D eigenvalue weighted by atomic mass is 10.3. The summed E-state index contributed by atoms with van der Waals surface area (Å²) < 4.78 is 11.9. The first kappa shape index (κ1) is 11.7. The molecule has 0 radical (unpaired) electrons. The lowest BCUT2D eigenvalue weighted by Crippen LogP contribution is -2.10. The van der Waals surface area contributed by atoms with Crippen molar-refractivity contribution in [3.05, 3.63) is 23.5 Å². The molecule has 1 aromatic heterocycles. The number of methoxy groups -OCH3 is 2. The summed E-state index contributed by atoms with van der Waals surface area (Å²) in [7, 11) is 3.24. The number of primary amides is 1. The molecule has 0 aliphatic rings. The van der Waals surface area contributed by atoms with Crippen LogP contribution in [0, 0.1) is 0 Å². The van der Waals surface area contributed by atoms with Crippen LogP contribution in [0.25, 0.3) is 0 Å². The van der Waals surface area contributed by atoms with E-state index >= 15 is 0 Å². The van der Waals surface area contributed by atoms with Crippen molar-refractivity contribution in [2.45, 2.75) is 13.2 Å². The molecule has 0 atom stereocenters. The molecular weight excluding hydrogens is 196 g/mol. The summed E-state index contributed by atoms with van der Waals surface area (Å²) in [6.45, 7) is 1.73. The van der Waals surface area contributed by atoms with Gasteiger partial charge in [-0.25, -0.2) is 0 Å². The van der Waals surface area contributed by atoms with E-state index < -0.39 is 5.91 Å². The Morgan fingerprint density at radius 3 is 2.73 bits per heavy atom. The van der Waals surface area contributed by atoms with E-state index in [1.54, 1.807) is 26.5 Å². The van der Waals surface area contributed by atoms with E-state index in [4.69, 9.17) is 15.2 Å². The molecular formula is C10H16N2O3. The van der Waals surface area contributed by atoms with Crippen molar-refractivity contribution in [3.63, 3.8) is 0 Å². The molecule has 0 bridgehead atoms. The number of carbonyl (C=O) groups excluding carboxylic acids is 1. The molecule has 5 heteroatoms. The molecule has 0 saturated carbocycles. The molecule has 0 unspecified atom stereocenters. The molecule has 1 amide bonds. The highest BCUT2D eigenvalue weighted by Gasteiger charge is 2.08. The van der Waals surface area contributed by atoms with Gasteiger partial charge >= 0.3 is 0 Å². The Kier molecular flexibility index (Phi) is 4.33. The monoisotopic (exact) mass is 212 g/mol. The number of nitrogens with two attached hydrogens (primary N) is 1. The normalized spacial score (nSPS) is 10.5. The molecule has 0 aromatic carbocycles. The summed E-state index contributed by atoms with van der Waals surface area (Å²) in [5.41, 5.74) is 6.61. The van der Waals surface area contributed by atoms with Gasteiger partial charge in [-0.3, -0.25) is 4.79 Å². The summed E-state index contributed by atoms with van der Waals surface area (Å²) in [5, 5.41) is 0. The van der Waals surface area contributed by atoms with Crippen molar-refractivity contribution in [1.82, 2.24) is 4.57 Å². The van der Waals surface area contributed by atoms with Crippen LogP contribution in [-0.2, 0) is 22.6 Å². The van der Waals surface area contributed by atoms with Crippen LogP contribution in [0.2, 0.25) is 0 Å². The topological polar surface area (TPSA) is 66.5 Å². The van der Waals surface area contributed by atoms with Crippen molar-refractivity contribution >= 4 is 5.91 Å². The summed E-state index contributed by atoms with van der Waals surface area (Å²) in [6.07, 6.45) is 1.72. The van der Waals surface area contributed by atoms with Crippen molar-refractivity contribution in [1.29, 1.82) is 0 Å². The van der Waals surface area contributed by atoms with Gasteiger partial charge in [-0.1, -0.05) is 0 Å². The number of carbonyl (C=O) groups is 1. The SMILES string of the molecule is COCCn1cc(C(N)=O)cc1COC. The number of nitrogens with zero attached hydrogens (tertiary/aromatic N) is 1. The Morgan fingerprint density at radius 1 is 1.47 bits per heavy atom. The van der Waals surface area contributed by atoms with Crippen LogP contribution in [0.15, 0.2) is 12.3 Å². The first-order valence-corrected chi connectivity index (χ1v) is 4.65. The van der Waals surface area contributed by atoms with Crippen LogP contribution >= 0.6 is 0 Å². The maximum Gasteiger partial charge on any atom is 0.250 e. The molecule has 0 aliphatic heterocycles. The number of rotatable bonds is 6. The molecule has 0 saturated heterocycles.